The van der Waals surface area contributed by atoms with E-state index in [1.54, 1.807) is 0 Å². The molecule has 0 bridgehead atoms. The Morgan fingerprint density at radius 2 is 2.04 bits per heavy atom. The van der Waals surface area contributed by atoms with E-state index in [1.165, 1.54) is 42.4 Å². The van der Waals surface area contributed by atoms with E-state index in [0.717, 1.165) is 25.9 Å². The van der Waals surface area contributed by atoms with E-state index in [0.29, 0.717) is 6.04 Å². The molecule has 1 rings (SSSR count). The van der Waals surface area contributed by atoms with Crippen LogP contribution in [0, 0.1) is 0 Å². The van der Waals surface area contributed by atoms with E-state index < -0.39 is 0 Å². The van der Waals surface area contributed by atoms with Crippen molar-refractivity contribution in [2.75, 3.05) is 20.1 Å². The molecule has 1 atom stereocenters. The summed E-state index contributed by atoms with van der Waals surface area (Å²) < 4.78 is 0. The molecule has 0 aromatic rings. The van der Waals surface area contributed by atoms with Crippen LogP contribution in [0.1, 0.15) is 66.2 Å². The first-order valence-electron chi connectivity index (χ1n) is 9.73. The molecule has 1 unspecified atom stereocenters. The van der Waals surface area contributed by atoms with Crippen molar-refractivity contribution in [2.45, 2.75) is 72.3 Å². The zero-order valence-electron chi connectivity index (χ0n) is 16.6. The largest absolute Gasteiger partial charge is 0.376 e. The summed E-state index contributed by atoms with van der Waals surface area (Å²) in [4.78, 5) is 2.42. The molecule has 1 fully saturated rings. The second-order valence-corrected chi connectivity index (χ2v) is 6.88. The monoisotopic (exact) mass is 330 g/mol. The van der Waals surface area contributed by atoms with E-state index in [2.05, 4.69) is 75.5 Å². The van der Waals surface area contributed by atoms with Crippen LogP contribution < -0.4 is 5.32 Å². The highest BCUT2D eigenvalue weighted by atomic mass is 15.2. The van der Waals surface area contributed by atoms with Crippen molar-refractivity contribution in [3.63, 3.8) is 0 Å². The zero-order valence-corrected chi connectivity index (χ0v) is 16.6. The van der Waals surface area contributed by atoms with Crippen LogP contribution >= 0.6 is 0 Å². The molecule has 0 aromatic heterocycles. The number of likely N-dealkylation sites (N-methyl/N-ethyl adjacent to an activating group) is 1. The second-order valence-electron chi connectivity index (χ2n) is 6.88. The molecule has 136 valence electrons. The molecule has 24 heavy (non-hydrogen) atoms. The minimum atomic E-state index is 0.649. The van der Waals surface area contributed by atoms with E-state index in [4.69, 9.17) is 0 Å². The fourth-order valence-corrected chi connectivity index (χ4v) is 3.11. The van der Waals surface area contributed by atoms with E-state index in [9.17, 15) is 0 Å². The minimum Gasteiger partial charge on any atom is -0.376 e. The van der Waals surface area contributed by atoms with E-state index in [1.807, 2.05) is 0 Å². The number of hydrogen-bond acceptors (Lipinski definition) is 2. The third-order valence-electron chi connectivity index (χ3n) is 4.83. The van der Waals surface area contributed by atoms with E-state index in [-0.39, 0.29) is 0 Å². The van der Waals surface area contributed by atoms with Crippen LogP contribution in [0.4, 0.5) is 0 Å². The lowest BCUT2D eigenvalue weighted by molar-refractivity contribution is 0.347. The SMILES string of the molecule is C\C=C/C(C/C(=C/N(C)C1CCNC1)CC)=C(C)\C=C\CCCC. The first kappa shape index (κ1) is 20.8. The second kappa shape index (κ2) is 12.1. The summed E-state index contributed by atoms with van der Waals surface area (Å²) in [6, 6.07) is 0.649. The summed E-state index contributed by atoms with van der Waals surface area (Å²) >= 11 is 0. The van der Waals surface area contributed by atoms with Gasteiger partial charge in [-0.1, -0.05) is 56.6 Å². The lowest BCUT2D eigenvalue weighted by Crippen LogP contribution is -2.29. The Morgan fingerprint density at radius 3 is 2.62 bits per heavy atom. The van der Waals surface area contributed by atoms with Gasteiger partial charge in [0.2, 0.25) is 0 Å². The lowest BCUT2D eigenvalue weighted by Gasteiger charge is -2.23. The third kappa shape index (κ3) is 7.53. The van der Waals surface area contributed by atoms with Crippen molar-refractivity contribution < 1.29 is 0 Å². The Kier molecular flexibility index (Phi) is 10.5. The number of unbranched alkanes of at least 4 members (excludes halogenated alkanes) is 2. The predicted molar refractivity (Wildman–Crippen MR) is 108 cm³/mol. The standard InChI is InChI=1S/C22H38N2/c1-6-9-10-11-13-19(4)21(12-7-2)16-20(8-3)18-24(5)22-14-15-23-17-22/h7,11-13,18,22-23H,6,8-10,14-17H2,1-5H3/b12-7-,13-11+,20-18+,21-19+. The van der Waals surface area contributed by atoms with Gasteiger partial charge in [-0.15, -0.1) is 0 Å². The summed E-state index contributed by atoms with van der Waals surface area (Å²) in [5.74, 6) is 0. The molecule has 0 spiro atoms. The van der Waals surface area contributed by atoms with Crippen LogP contribution in [0.5, 0.6) is 0 Å². The van der Waals surface area contributed by atoms with Gasteiger partial charge in [0.1, 0.15) is 0 Å². The van der Waals surface area contributed by atoms with Gasteiger partial charge >= 0.3 is 0 Å². The quantitative estimate of drug-likeness (QED) is 0.414. The number of hydrogen-bond donors (Lipinski definition) is 1. The van der Waals surface area contributed by atoms with Gasteiger partial charge in [0, 0.05) is 19.6 Å². The van der Waals surface area contributed by atoms with Crippen LogP contribution in [0.2, 0.25) is 0 Å². The van der Waals surface area contributed by atoms with Crippen LogP contribution in [-0.4, -0.2) is 31.1 Å². The Hall–Kier alpha value is -1.28. The fraction of sp³-hybridized carbons (Fsp3) is 0.636. The first-order valence-corrected chi connectivity index (χ1v) is 9.73. The zero-order chi connectivity index (χ0) is 17.8. The molecule has 1 aliphatic rings. The summed E-state index contributed by atoms with van der Waals surface area (Å²) in [6.07, 6.45) is 18.6. The van der Waals surface area contributed by atoms with Gasteiger partial charge in [0.05, 0.1) is 0 Å². The molecule has 1 N–H and O–H groups in total. The molecule has 0 saturated carbocycles. The minimum absolute atomic E-state index is 0.649. The Morgan fingerprint density at radius 1 is 1.25 bits per heavy atom. The molecule has 2 nitrogen and oxygen atoms in total. The average Bonchev–Trinajstić information content (AvgIpc) is 3.12. The van der Waals surface area contributed by atoms with Crippen molar-refractivity contribution in [2.24, 2.45) is 0 Å². The summed E-state index contributed by atoms with van der Waals surface area (Å²) in [5, 5.41) is 3.46. The van der Waals surface area contributed by atoms with Gasteiger partial charge < -0.3 is 10.2 Å². The normalized spacial score (nSPS) is 20.2. The molecule has 0 aromatic carbocycles. The van der Waals surface area contributed by atoms with Gasteiger partial charge in [-0.25, -0.2) is 0 Å². The number of nitrogens with one attached hydrogen (secondary N) is 1. The maximum absolute atomic E-state index is 3.46. The van der Waals surface area contributed by atoms with E-state index >= 15 is 0 Å². The van der Waals surface area contributed by atoms with Gasteiger partial charge in [-0.3, -0.25) is 0 Å². The molecule has 1 saturated heterocycles. The molecule has 0 amide bonds. The van der Waals surface area contributed by atoms with Gasteiger partial charge in [0.15, 0.2) is 0 Å². The lowest BCUT2D eigenvalue weighted by atomic mass is 9.98. The maximum atomic E-state index is 3.46. The third-order valence-corrected chi connectivity index (χ3v) is 4.83. The molecule has 1 heterocycles. The molecular formula is C22H38N2. The highest BCUT2D eigenvalue weighted by Gasteiger charge is 2.17. The molecule has 1 aliphatic heterocycles. The smallest absolute Gasteiger partial charge is 0.0417 e. The number of nitrogens with zero attached hydrogens (tertiary/aromatic N) is 1. The van der Waals surface area contributed by atoms with Crippen molar-refractivity contribution >= 4 is 0 Å². The van der Waals surface area contributed by atoms with Crippen molar-refractivity contribution in [1.82, 2.24) is 10.2 Å². The van der Waals surface area contributed by atoms with Crippen LogP contribution in [-0.2, 0) is 0 Å². The van der Waals surface area contributed by atoms with Gasteiger partial charge in [-0.2, -0.15) is 0 Å². The van der Waals surface area contributed by atoms with Crippen LogP contribution in [0.25, 0.3) is 0 Å². The van der Waals surface area contributed by atoms with Crippen molar-refractivity contribution in [3.8, 4) is 0 Å². The Balaban J connectivity index is 2.80. The first-order chi connectivity index (χ1) is 11.6. The Bertz CT molecular complexity index is 462. The maximum Gasteiger partial charge on any atom is 0.0417 e. The highest BCUT2D eigenvalue weighted by molar-refractivity contribution is 5.35. The summed E-state index contributed by atoms with van der Waals surface area (Å²) in [6.45, 7) is 11.1. The number of rotatable bonds is 10. The Labute approximate surface area is 150 Å². The van der Waals surface area contributed by atoms with Crippen LogP contribution in [0.3, 0.4) is 0 Å². The molecule has 0 radical (unpaired) electrons. The van der Waals surface area contributed by atoms with Crippen molar-refractivity contribution in [3.05, 3.63) is 47.2 Å². The summed E-state index contributed by atoms with van der Waals surface area (Å²) in [7, 11) is 2.23. The topological polar surface area (TPSA) is 15.3 Å². The molecule has 0 aliphatic carbocycles. The highest BCUT2D eigenvalue weighted by Crippen LogP contribution is 2.21. The molecule has 2 heteroatoms. The molecular weight excluding hydrogens is 292 g/mol. The number of allylic oxidation sites excluding steroid dienone is 7. The average molecular weight is 331 g/mol. The summed E-state index contributed by atoms with van der Waals surface area (Å²) in [5.41, 5.74) is 4.35. The van der Waals surface area contributed by atoms with Crippen LogP contribution in [0.15, 0.2) is 47.2 Å². The van der Waals surface area contributed by atoms with Crippen molar-refractivity contribution in [1.29, 1.82) is 0 Å². The fourth-order valence-electron chi connectivity index (χ4n) is 3.11. The predicted octanol–water partition coefficient (Wildman–Crippen LogP) is 5.60. The van der Waals surface area contributed by atoms with Gasteiger partial charge in [-0.05, 0) is 63.4 Å². The van der Waals surface area contributed by atoms with Gasteiger partial charge in [0.25, 0.3) is 0 Å².